The highest BCUT2D eigenvalue weighted by Crippen LogP contribution is 2.30. The highest BCUT2D eigenvalue weighted by Gasteiger charge is 2.19. The largest absolute Gasteiger partial charge is 0.377 e. The number of thioether (sulfide) groups is 1. The van der Waals surface area contributed by atoms with Gasteiger partial charge in [-0.15, -0.1) is 21.9 Å². The molecule has 0 fully saturated rings. The second-order valence-corrected chi connectivity index (χ2v) is 6.43. The molecule has 0 N–H and O–H groups in total. The van der Waals surface area contributed by atoms with E-state index >= 15 is 0 Å². The fourth-order valence-electron chi connectivity index (χ4n) is 2.02. The Hall–Kier alpha value is -1.57. The summed E-state index contributed by atoms with van der Waals surface area (Å²) in [5, 5.41) is 9.22. The second kappa shape index (κ2) is 14.7. The van der Waals surface area contributed by atoms with Crippen LogP contribution in [-0.4, -0.2) is 43.4 Å². The van der Waals surface area contributed by atoms with Crippen LogP contribution in [0, 0.1) is 10.1 Å². The lowest BCUT2D eigenvalue weighted by atomic mass is 10.1. The van der Waals surface area contributed by atoms with Gasteiger partial charge < -0.3 is 14.3 Å². The molecule has 0 aromatic rings. The molecule has 0 aromatic heterocycles. The van der Waals surface area contributed by atoms with Crippen LogP contribution in [0.25, 0.3) is 0 Å². The van der Waals surface area contributed by atoms with Gasteiger partial charge in [0.2, 0.25) is 0 Å². The summed E-state index contributed by atoms with van der Waals surface area (Å²) in [4.78, 5) is 15.4. The SMILES string of the molecule is C=C/C=C(\C=C/C)C(OCCOCCO[N+](=O)[O-])C(SCC)=C(C)C. The van der Waals surface area contributed by atoms with E-state index in [0.717, 1.165) is 11.3 Å². The lowest BCUT2D eigenvalue weighted by Crippen LogP contribution is -2.21. The highest BCUT2D eigenvalue weighted by molar-refractivity contribution is 8.03. The van der Waals surface area contributed by atoms with E-state index in [1.54, 1.807) is 17.8 Å². The van der Waals surface area contributed by atoms with E-state index in [9.17, 15) is 10.1 Å². The predicted molar refractivity (Wildman–Crippen MR) is 103 cm³/mol. The number of hydrogen-bond donors (Lipinski definition) is 0. The van der Waals surface area contributed by atoms with Gasteiger partial charge in [0, 0.05) is 4.91 Å². The van der Waals surface area contributed by atoms with E-state index in [0.29, 0.717) is 13.2 Å². The first kappa shape index (κ1) is 23.4. The zero-order valence-corrected chi connectivity index (χ0v) is 16.3. The molecule has 7 heteroatoms. The zero-order chi connectivity index (χ0) is 19.1. The van der Waals surface area contributed by atoms with Crippen molar-refractivity contribution in [2.24, 2.45) is 0 Å². The van der Waals surface area contributed by atoms with Crippen molar-refractivity contribution in [2.75, 3.05) is 32.2 Å². The van der Waals surface area contributed by atoms with Gasteiger partial charge >= 0.3 is 0 Å². The number of ether oxygens (including phenoxy) is 2. The summed E-state index contributed by atoms with van der Waals surface area (Å²) < 4.78 is 11.4. The molecule has 0 aliphatic rings. The predicted octanol–water partition coefficient (Wildman–Crippen LogP) is 4.33. The van der Waals surface area contributed by atoms with E-state index in [1.807, 2.05) is 25.2 Å². The third-order valence-electron chi connectivity index (χ3n) is 2.94. The third kappa shape index (κ3) is 10.8. The lowest BCUT2D eigenvalue weighted by Gasteiger charge is -2.23. The Morgan fingerprint density at radius 3 is 2.48 bits per heavy atom. The maximum Gasteiger partial charge on any atom is 0.294 e. The Bertz CT molecular complexity index is 496. The van der Waals surface area contributed by atoms with Crippen LogP contribution in [0.1, 0.15) is 27.7 Å². The van der Waals surface area contributed by atoms with Crippen LogP contribution < -0.4 is 0 Å². The van der Waals surface area contributed by atoms with Crippen LogP contribution in [0.3, 0.4) is 0 Å². The van der Waals surface area contributed by atoms with Crippen LogP contribution in [0.15, 0.2) is 46.9 Å². The van der Waals surface area contributed by atoms with E-state index < -0.39 is 5.09 Å². The van der Waals surface area contributed by atoms with Crippen molar-refractivity contribution in [3.8, 4) is 0 Å². The van der Waals surface area contributed by atoms with Crippen LogP contribution in [-0.2, 0) is 14.3 Å². The second-order valence-electron chi connectivity index (χ2n) is 5.12. The van der Waals surface area contributed by atoms with E-state index in [4.69, 9.17) is 9.47 Å². The fraction of sp³-hybridized carbons (Fsp3) is 0.556. The molecule has 0 saturated carbocycles. The minimum absolute atomic E-state index is 0.0818. The number of allylic oxidation sites excluding steroid dienone is 4. The van der Waals surface area contributed by atoms with Gasteiger partial charge in [-0.3, -0.25) is 0 Å². The minimum Gasteiger partial charge on any atom is -0.377 e. The van der Waals surface area contributed by atoms with Crippen molar-refractivity contribution >= 4 is 11.8 Å². The van der Waals surface area contributed by atoms with Gasteiger partial charge in [-0.25, -0.2) is 0 Å². The Morgan fingerprint density at radius 1 is 1.28 bits per heavy atom. The first-order chi connectivity index (χ1) is 12.0. The summed E-state index contributed by atoms with van der Waals surface area (Å²) in [6.07, 6.45) is 7.47. The monoisotopic (exact) mass is 371 g/mol. The topological polar surface area (TPSA) is 70.8 Å². The van der Waals surface area contributed by atoms with Gasteiger partial charge in [0.15, 0.2) is 0 Å². The molecular weight excluding hydrogens is 342 g/mol. The van der Waals surface area contributed by atoms with Crippen molar-refractivity contribution < 1.29 is 19.4 Å². The first-order valence-corrected chi connectivity index (χ1v) is 9.18. The Balaban J connectivity index is 4.86. The molecule has 0 heterocycles. The summed E-state index contributed by atoms with van der Waals surface area (Å²) >= 11 is 1.76. The first-order valence-electron chi connectivity index (χ1n) is 8.19. The molecule has 0 aliphatic carbocycles. The summed E-state index contributed by atoms with van der Waals surface area (Å²) in [6, 6.07) is 0. The maximum absolute atomic E-state index is 10.1. The lowest BCUT2D eigenvalue weighted by molar-refractivity contribution is -0.758. The molecule has 1 unspecified atom stereocenters. The molecule has 25 heavy (non-hydrogen) atoms. The van der Waals surface area contributed by atoms with E-state index in [-0.39, 0.29) is 19.3 Å². The zero-order valence-electron chi connectivity index (χ0n) is 15.5. The fourth-order valence-corrected chi connectivity index (χ4v) is 2.97. The van der Waals surface area contributed by atoms with Gasteiger partial charge in [-0.1, -0.05) is 43.4 Å². The molecular formula is C18H29NO5S. The Labute approximate surface area is 154 Å². The smallest absolute Gasteiger partial charge is 0.294 e. The summed E-state index contributed by atoms with van der Waals surface area (Å²) in [7, 11) is 0. The molecule has 6 nitrogen and oxygen atoms in total. The molecule has 0 saturated heterocycles. The summed E-state index contributed by atoms with van der Waals surface area (Å²) in [5.41, 5.74) is 2.22. The van der Waals surface area contributed by atoms with E-state index in [2.05, 4.69) is 32.2 Å². The molecule has 142 valence electrons. The summed E-state index contributed by atoms with van der Waals surface area (Å²) in [6.45, 7) is 12.8. The molecule has 0 spiro atoms. The molecule has 0 aliphatic heterocycles. The van der Waals surface area contributed by atoms with Crippen LogP contribution in [0.4, 0.5) is 0 Å². The van der Waals surface area contributed by atoms with Gasteiger partial charge in [-0.05, 0) is 32.1 Å². The number of nitrogens with zero attached hydrogens (tertiary/aromatic N) is 1. The quantitative estimate of drug-likeness (QED) is 0.196. The molecule has 1 atom stereocenters. The normalized spacial score (nSPS) is 12.9. The molecule has 0 radical (unpaired) electrons. The van der Waals surface area contributed by atoms with Crippen molar-refractivity contribution in [3.63, 3.8) is 0 Å². The molecule has 0 bridgehead atoms. The summed E-state index contributed by atoms with van der Waals surface area (Å²) in [5.74, 6) is 0.951. The van der Waals surface area contributed by atoms with Gasteiger partial charge in [-0.2, -0.15) is 0 Å². The molecule has 0 rings (SSSR count). The Morgan fingerprint density at radius 2 is 1.96 bits per heavy atom. The minimum atomic E-state index is -0.831. The van der Waals surface area contributed by atoms with Crippen LogP contribution >= 0.6 is 11.8 Å². The van der Waals surface area contributed by atoms with Gasteiger partial charge in [0.05, 0.1) is 19.8 Å². The van der Waals surface area contributed by atoms with Crippen LogP contribution in [0.2, 0.25) is 0 Å². The standard InChI is InChI=1S/C18H29NO5S/c1-6-9-16(10-7-2)17(18(15(4)5)25-8-3)23-13-11-22-12-14-24-19(20)21/h6-7,9-10,17H,1,8,11-14H2,2-5H3/b10-7-,16-9+. The number of hydrogen-bond acceptors (Lipinski definition) is 6. The van der Waals surface area contributed by atoms with Crippen molar-refractivity contribution in [1.82, 2.24) is 0 Å². The average Bonchev–Trinajstić information content (AvgIpc) is 2.55. The Kier molecular flexibility index (Phi) is 13.8. The van der Waals surface area contributed by atoms with Gasteiger partial charge in [0.25, 0.3) is 5.09 Å². The van der Waals surface area contributed by atoms with Crippen molar-refractivity contribution in [1.29, 1.82) is 0 Å². The van der Waals surface area contributed by atoms with E-state index in [1.165, 1.54) is 10.5 Å². The molecule has 0 aromatic carbocycles. The van der Waals surface area contributed by atoms with Gasteiger partial charge in [0.1, 0.15) is 12.7 Å². The maximum atomic E-state index is 10.1. The van der Waals surface area contributed by atoms with Crippen molar-refractivity contribution in [2.45, 2.75) is 33.8 Å². The third-order valence-corrected chi connectivity index (χ3v) is 4.16. The molecule has 0 amide bonds. The highest BCUT2D eigenvalue weighted by atomic mass is 32.2. The number of rotatable bonds is 14. The van der Waals surface area contributed by atoms with Crippen LogP contribution in [0.5, 0.6) is 0 Å². The van der Waals surface area contributed by atoms with Crippen molar-refractivity contribution in [3.05, 3.63) is 57.0 Å². The average molecular weight is 371 g/mol.